The number of nitrogens with zero attached hydrogens (tertiary/aromatic N) is 2. The van der Waals surface area contributed by atoms with Crippen LogP contribution in [0, 0.1) is 18.6 Å². The molecule has 1 aliphatic rings. The predicted molar refractivity (Wildman–Crippen MR) is 74.1 cm³/mol. The summed E-state index contributed by atoms with van der Waals surface area (Å²) in [4.78, 5) is 4.38. The quantitative estimate of drug-likeness (QED) is 0.924. The Kier molecular flexibility index (Phi) is 3.42. The van der Waals surface area contributed by atoms with Crippen molar-refractivity contribution in [3.05, 3.63) is 41.7 Å². The SMILES string of the molecule is Cc1cn(-c2cccc(F)c2F)c(NC2CCCC2)n1. The number of nitrogens with one attached hydrogen (secondary N) is 1. The van der Waals surface area contributed by atoms with Crippen molar-refractivity contribution in [1.82, 2.24) is 9.55 Å². The minimum atomic E-state index is -0.848. The van der Waals surface area contributed by atoms with Gasteiger partial charge in [0.1, 0.15) is 0 Å². The average Bonchev–Trinajstić information content (AvgIpc) is 3.03. The normalized spacial score (nSPS) is 15.8. The summed E-state index contributed by atoms with van der Waals surface area (Å²) in [6.45, 7) is 1.84. The summed E-state index contributed by atoms with van der Waals surface area (Å²) in [5.74, 6) is -1.11. The topological polar surface area (TPSA) is 29.9 Å². The van der Waals surface area contributed by atoms with Crippen LogP contribution in [0.5, 0.6) is 0 Å². The molecule has 1 aliphatic carbocycles. The fourth-order valence-electron chi connectivity index (χ4n) is 2.71. The number of rotatable bonds is 3. The van der Waals surface area contributed by atoms with E-state index in [0.29, 0.717) is 12.0 Å². The first-order valence-electron chi connectivity index (χ1n) is 6.92. The van der Waals surface area contributed by atoms with Crippen molar-refractivity contribution in [2.75, 3.05) is 5.32 Å². The fraction of sp³-hybridized carbons (Fsp3) is 0.400. The highest BCUT2D eigenvalue weighted by molar-refractivity contribution is 5.44. The molecule has 1 heterocycles. The first-order valence-corrected chi connectivity index (χ1v) is 6.92. The van der Waals surface area contributed by atoms with Crippen LogP contribution in [0.4, 0.5) is 14.7 Å². The van der Waals surface area contributed by atoms with Gasteiger partial charge in [-0.2, -0.15) is 0 Å². The summed E-state index contributed by atoms with van der Waals surface area (Å²) in [7, 11) is 0. The summed E-state index contributed by atoms with van der Waals surface area (Å²) in [6.07, 6.45) is 6.31. The zero-order chi connectivity index (χ0) is 14.1. The van der Waals surface area contributed by atoms with Gasteiger partial charge in [-0.1, -0.05) is 18.9 Å². The van der Waals surface area contributed by atoms with Gasteiger partial charge >= 0.3 is 0 Å². The van der Waals surface area contributed by atoms with Gasteiger partial charge < -0.3 is 5.32 Å². The molecule has 1 aromatic carbocycles. The maximum atomic E-state index is 13.9. The summed E-state index contributed by atoms with van der Waals surface area (Å²) in [5, 5.41) is 3.34. The summed E-state index contributed by atoms with van der Waals surface area (Å²) >= 11 is 0. The van der Waals surface area contributed by atoms with Gasteiger partial charge in [-0.05, 0) is 31.9 Å². The molecule has 5 heteroatoms. The standard InChI is InChI=1S/C15H17F2N3/c1-10-9-20(13-8-4-7-12(16)14(13)17)15(18-10)19-11-5-2-3-6-11/h4,7-9,11H,2-3,5-6H2,1H3,(H,18,19). The van der Waals surface area contributed by atoms with Crippen LogP contribution in [-0.4, -0.2) is 15.6 Å². The molecule has 20 heavy (non-hydrogen) atoms. The van der Waals surface area contributed by atoms with Gasteiger partial charge in [-0.3, -0.25) is 4.57 Å². The van der Waals surface area contributed by atoms with E-state index in [0.717, 1.165) is 24.6 Å². The number of halogens is 2. The number of aromatic nitrogens is 2. The van der Waals surface area contributed by atoms with Gasteiger partial charge in [-0.25, -0.2) is 13.8 Å². The molecular formula is C15H17F2N3. The van der Waals surface area contributed by atoms with Crippen LogP contribution in [0.25, 0.3) is 5.69 Å². The molecule has 0 radical (unpaired) electrons. The van der Waals surface area contributed by atoms with E-state index in [1.54, 1.807) is 16.8 Å². The molecule has 2 aromatic rings. The highest BCUT2D eigenvalue weighted by atomic mass is 19.2. The van der Waals surface area contributed by atoms with E-state index in [1.165, 1.54) is 18.9 Å². The maximum Gasteiger partial charge on any atom is 0.208 e. The van der Waals surface area contributed by atoms with Crippen LogP contribution in [0.1, 0.15) is 31.4 Å². The lowest BCUT2D eigenvalue weighted by molar-refractivity contribution is 0.504. The highest BCUT2D eigenvalue weighted by Gasteiger charge is 2.19. The lowest BCUT2D eigenvalue weighted by Crippen LogP contribution is -2.18. The van der Waals surface area contributed by atoms with E-state index in [4.69, 9.17) is 0 Å². The number of benzene rings is 1. The molecule has 1 saturated carbocycles. The number of imidazole rings is 1. The second-order valence-corrected chi connectivity index (χ2v) is 5.27. The maximum absolute atomic E-state index is 13.9. The van der Waals surface area contributed by atoms with Crippen LogP contribution < -0.4 is 5.32 Å². The first kappa shape index (κ1) is 13.1. The Labute approximate surface area is 116 Å². The van der Waals surface area contributed by atoms with Crippen LogP contribution in [0.15, 0.2) is 24.4 Å². The molecule has 0 unspecified atom stereocenters. The Morgan fingerprint density at radius 1 is 1.25 bits per heavy atom. The van der Waals surface area contributed by atoms with Gasteiger partial charge in [0.25, 0.3) is 0 Å². The molecule has 1 fully saturated rings. The zero-order valence-electron chi connectivity index (χ0n) is 11.4. The minimum Gasteiger partial charge on any atom is -0.353 e. The van der Waals surface area contributed by atoms with E-state index in [-0.39, 0.29) is 5.69 Å². The van der Waals surface area contributed by atoms with Crippen molar-refractivity contribution in [3.8, 4) is 5.69 Å². The largest absolute Gasteiger partial charge is 0.353 e. The molecule has 0 atom stereocenters. The Morgan fingerprint density at radius 3 is 2.75 bits per heavy atom. The molecule has 0 amide bonds. The molecule has 0 saturated heterocycles. The molecule has 1 N–H and O–H groups in total. The molecule has 0 bridgehead atoms. The van der Waals surface area contributed by atoms with Gasteiger partial charge in [0.15, 0.2) is 11.6 Å². The van der Waals surface area contributed by atoms with Crippen molar-refractivity contribution in [2.24, 2.45) is 0 Å². The third-order valence-corrected chi connectivity index (χ3v) is 3.71. The van der Waals surface area contributed by atoms with Crippen molar-refractivity contribution >= 4 is 5.95 Å². The number of anilines is 1. The Bertz CT molecular complexity index is 616. The summed E-state index contributed by atoms with van der Waals surface area (Å²) in [5.41, 5.74) is 0.959. The molecular weight excluding hydrogens is 260 g/mol. The fourth-order valence-corrected chi connectivity index (χ4v) is 2.71. The summed E-state index contributed by atoms with van der Waals surface area (Å²) < 4.78 is 28.9. The molecule has 3 nitrogen and oxygen atoms in total. The van der Waals surface area contributed by atoms with Crippen molar-refractivity contribution in [2.45, 2.75) is 38.6 Å². The summed E-state index contributed by atoms with van der Waals surface area (Å²) in [6, 6.07) is 4.54. The Balaban J connectivity index is 1.98. The molecule has 0 spiro atoms. The van der Waals surface area contributed by atoms with Crippen LogP contribution in [0.3, 0.4) is 0 Å². The van der Waals surface area contributed by atoms with Gasteiger partial charge in [-0.15, -0.1) is 0 Å². The number of aryl methyl sites for hydroxylation is 1. The minimum absolute atomic E-state index is 0.186. The van der Waals surface area contributed by atoms with Gasteiger partial charge in [0, 0.05) is 12.2 Å². The van der Waals surface area contributed by atoms with Crippen molar-refractivity contribution in [1.29, 1.82) is 0 Å². The van der Waals surface area contributed by atoms with Crippen LogP contribution in [-0.2, 0) is 0 Å². The van der Waals surface area contributed by atoms with E-state index in [1.807, 2.05) is 6.92 Å². The van der Waals surface area contributed by atoms with Crippen molar-refractivity contribution < 1.29 is 8.78 Å². The van der Waals surface area contributed by atoms with Crippen LogP contribution >= 0.6 is 0 Å². The number of hydrogen-bond acceptors (Lipinski definition) is 2. The second-order valence-electron chi connectivity index (χ2n) is 5.27. The highest BCUT2D eigenvalue weighted by Crippen LogP contribution is 2.25. The molecule has 0 aliphatic heterocycles. The monoisotopic (exact) mass is 277 g/mol. The second kappa shape index (κ2) is 5.23. The Hall–Kier alpha value is -1.91. The third kappa shape index (κ3) is 2.40. The van der Waals surface area contributed by atoms with E-state index < -0.39 is 11.6 Å². The lowest BCUT2D eigenvalue weighted by atomic mass is 10.2. The van der Waals surface area contributed by atoms with E-state index >= 15 is 0 Å². The van der Waals surface area contributed by atoms with E-state index in [2.05, 4.69) is 10.3 Å². The smallest absolute Gasteiger partial charge is 0.208 e. The Morgan fingerprint density at radius 2 is 2.00 bits per heavy atom. The number of hydrogen-bond donors (Lipinski definition) is 1. The molecule has 1 aromatic heterocycles. The van der Waals surface area contributed by atoms with E-state index in [9.17, 15) is 8.78 Å². The lowest BCUT2D eigenvalue weighted by Gasteiger charge is -2.15. The first-order chi connectivity index (χ1) is 9.65. The third-order valence-electron chi connectivity index (χ3n) is 3.71. The zero-order valence-corrected chi connectivity index (χ0v) is 11.4. The van der Waals surface area contributed by atoms with Gasteiger partial charge in [0.05, 0.1) is 11.4 Å². The average molecular weight is 277 g/mol. The molecule has 106 valence electrons. The molecule has 3 rings (SSSR count). The van der Waals surface area contributed by atoms with Crippen molar-refractivity contribution in [3.63, 3.8) is 0 Å². The van der Waals surface area contributed by atoms with Crippen LogP contribution in [0.2, 0.25) is 0 Å². The predicted octanol–water partition coefficient (Wildman–Crippen LogP) is 3.81. The van der Waals surface area contributed by atoms with Gasteiger partial charge in [0.2, 0.25) is 5.95 Å².